The van der Waals surface area contributed by atoms with E-state index in [-0.39, 0.29) is 18.3 Å². The first-order valence-electron chi connectivity index (χ1n) is 9.77. The molecule has 0 bridgehead atoms. The molecule has 0 N–H and O–H groups in total. The van der Waals surface area contributed by atoms with Crippen LogP contribution in [0.4, 0.5) is 9.52 Å². The Labute approximate surface area is 181 Å². The molecule has 5 rings (SSSR count). The molecule has 0 saturated carbocycles. The van der Waals surface area contributed by atoms with Gasteiger partial charge in [-0.25, -0.2) is 9.37 Å². The molecule has 2 unspecified atom stereocenters. The summed E-state index contributed by atoms with van der Waals surface area (Å²) in [6.07, 6.45) is 2.03. The quantitative estimate of drug-likeness (QED) is 0.469. The number of pyridine rings is 1. The van der Waals surface area contributed by atoms with Crippen LogP contribution in [0.25, 0.3) is 10.2 Å². The molecule has 0 spiro atoms. The molecule has 0 radical (unpaired) electrons. The number of anilines is 1. The number of nitrogens with zero attached hydrogens (tertiary/aromatic N) is 3. The molecule has 156 valence electrons. The van der Waals surface area contributed by atoms with Gasteiger partial charge in [0, 0.05) is 12.4 Å². The number of benzene rings is 2. The van der Waals surface area contributed by atoms with Crippen molar-refractivity contribution in [2.75, 3.05) is 4.90 Å². The molecule has 4 aromatic rings. The van der Waals surface area contributed by atoms with Gasteiger partial charge in [0.05, 0.1) is 16.8 Å². The summed E-state index contributed by atoms with van der Waals surface area (Å²) in [5, 5.41) is 0.462. The fourth-order valence-electron chi connectivity index (χ4n) is 3.46. The van der Waals surface area contributed by atoms with Gasteiger partial charge in [-0.1, -0.05) is 29.5 Å². The average molecular weight is 435 g/mol. The van der Waals surface area contributed by atoms with Gasteiger partial charge in [-0.15, -0.1) is 0 Å². The van der Waals surface area contributed by atoms with E-state index in [0.29, 0.717) is 26.8 Å². The third kappa shape index (κ3) is 3.82. The highest BCUT2D eigenvalue weighted by Gasteiger charge is 2.38. The summed E-state index contributed by atoms with van der Waals surface area (Å²) in [5.74, 6) is 0.493. The van der Waals surface area contributed by atoms with Gasteiger partial charge in [-0.05, 0) is 48.9 Å². The van der Waals surface area contributed by atoms with Gasteiger partial charge in [-0.2, -0.15) is 0 Å². The van der Waals surface area contributed by atoms with Gasteiger partial charge in [-0.3, -0.25) is 14.7 Å². The van der Waals surface area contributed by atoms with Crippen LogP contribution in [0.5, 0.6) is 11.5 Å². The van der Waals surface area contributed by atoms with Crippen LogP contribution < -0.4 is 14.4 Å². The number of rotatable bonds is 4. The van der Waals surface area contributed by atoms with E-state index >= 15 is 0 Å². The first kappa shape index (κ1) is 19.4. The lowest BCUT2D eigenvalue weighted by atomic mass is 10.1. The number of para-hydroxylation sites is 2. The fraction of sp³-hybridized carbons (Fsp3) is 0.174. The molecule has 0 saturated heterocycles. The lowest BCUT2D eigenvalue weighted by molar-refractivity contribution is -0.130. The first-order chi connectivity index (χ1) is 15.1. The van der Waals surface area contributed by atoms with E-state index in [2.05, 4.69) is 9.97 Å². The predicted molar refractivity (Wildman–Crippen MR) is 116 cm³/mol. The number of aromatic nitrogens is 2. The van der Waals surface area contributed by atoms with Crippen LogP contribution in [0.1, 0.15) is 12.5 Å². The highest BCUT2D eigenvalue weighted by Crippen LogP contribution is 2.36. The van der Waals surface area contributed by atoms with Gasteiger partial charge in [0.25, 0.3) is 5.91 Å². The minimum Gasteiger partial charge on any atom is -0.482 e. The van der Waals surface area contributed by atoms with E-state index in [9.17, 15) is 9.18 Å². The number of fused-ring (bicyclic) bond motifs is 2. The maximum absolute atomic E-state index is 13.7. The maximum atomic E-state index is 13.7. The number of ether oxygens (including phenoxy) is 2. The fourth-order valence-corrected chi connectivity index (χ4v) is 4.46. The second kappa shape index (κ2) is 7.96. The van der Waals surface area contributed by atoms with Crippen LogP contribution in [0.15, 0.2) is 67.0 Å². The molecule has 2 aromatic heterocycles. The van der Waals surface area contributed by atoms with Crippen molar-refractivity contribution in [2.24, 2.45) is 0 Å². The van der Waals surface area contributed by atoms with Crippen molar-refractivity contribution in [3.05, 3.63) is 78.4 Å². The zero-order valence-electron chi connectivity index (χ0n) is 16.6. The third-order valence-electron chi connectivity index (χ3n) is 4.99. The Morgan fingerprint density at radius 2 is 1.94 bits per heavy atom. The van der Waals surface area contributed by atoms with E-state index in [1.807, 2.05) is 30.3 Å². The Balaban J connectivity index is 1.52. The normalized spacial score (nSPS) is 17.5. The average Bonchev–Trinajstić information content (AvgIpc) is 3.20. The number of halogens is 1. The number of amides is 1. The zero-order valence-corrected chi connectivity index (χ0v) is 17.4. The number of carbonyl (C=O) groups excluding carboxylic acids is 1. The Hall–Kier alpha value is -3.52. The molecule has 8 heteroatoms. The van der Waals surface area contributed by atoms with Crippen molar-refractivity contribution >= 4 is 32.6 Å². The van der Waals surface area contributed by atoms with Crippen molar-refractivity contribution in [1.82, 2.24) is 9.97 Å². The van der Waals surface area contributed by atoms with E-state index in [1.54, 1.807) is 36.4 Å². The summed E-state index contributed by atoms with van der Waals surface area (Å²) in [4.78, 5) is 23.9. The van der Waals surface area contributed by atoms with Crippen LogP contribution in [-0.4, -0.2) is 28.1 Å². The smallest absolute Gasteiger partial charge is 0.274 e. The van der Waals surface area contributed by atoms with E-state index in [1.165, 1.54) is 23.5 Å². The topological polar surface area (TPSA) is 64.6 Å². The third-order valence-corrected chi connectivity index (χ3v) is 6.03. The highest BCUT2D eigenvalue weighted by molar-refractivity contribution is 7.22. The van der Waals surface area contributed by atoms with Crippen molar-refractivity contribution in [3.8, 4) is 11.5 Å². The summed E-state index contributed by atoms with van der Waals surface area (Å²) in [7, 11) is 0. The van der Waals surface area contributed by atoms with Crippen molar-refractivity contribution in [1.29, 1.82) is 0 Å². The minimum absolute atomic E-state index is 0.253. The molecule has 2 aromatic carbocycles. The lowest BCUT2D eigenvalue weighted by Crippen LogP contribution is -2.50. The maximum Gasteiger partial charge on any atom is 0.274 e. The first-order valence-corrected chi connectivity index (χ1v) is 10.6. The molecule has 6 nitrogen and oxygen atoms in total. The van der Waals surface area contributed by atoms with Crippen molar-refractivity contribution in [3.63, 3.8) is 0 Å². The van der Waals surface area contributed by atoms with Gasteiger partial charge >= 0.3 is 0 Å². The largest absolute Gasteiger partial charge is 0.482 e. The highest BCUT2D eigenvalue weighted by atomic mass is 32.1. The predicted octanol–water partition coefficient (Wildman–Crippen LogP) is 4.59. The lowest BCUT2D eigenvalue weighted by Gasteiger charge is -2.33. The number of hydrogen-bond donors (Lipinski definition) is 0. The summed E-state index contributed by atoms with van der Waals surface area (Å²) in [6, 6.07) is 15.3. The minimum atomic E-state index is -0.852. The summed E-state index contributed by atoms with van der Waals surface area (Å²) >= 11 is 1.26. The molecule has 0 fully saturated rings. The summed E-state index contributed by atoms with van der Waals surface area (Å²) in [6.45, 7) is 2.05. The van der Waals surface area contributed by atoms with Crippen LogP contribution in [0.3, 0.4) is 0 Å². The van der Waals surface area contributed by atoms with Crippen LogP contribution in [-0.2, 0) is 11.3 Å². The SMILES string of the molecule is CC1Oc2ccccc2OC1C(=O)N(Cc1cccnc1)c1nc2ccc(F)cc2s1. The van der Waals surface area contributed by atoms with Crippen LogP contribution in [0.2, 0.25) is 0 Å². The number of carbonyl (C=O) groups is 1. The Morgan fingerprint density at radius 3 is 2.71 bits per heavy atom. The van der Waals surface area contributed by atoms with E-state index < -0.39 is 12.2 Å². The Bertz CT molecular complexity index is 1250. The van der Waals surface area contributed by atoms with Gasteiger partial charge in [0.15, 0.2) is 16.6 Å². The molecule has 31 heavy (non-hydrogen) atoms. The van der Waals surface area contributed by atoms with E-state index in [4.69, 9.17) is 9.47 Å². The molecular formula is C23H18FN3O3S. The van der Waals surface area contributed by atoms with Crippen LogP contribution in [0, 0.1) is 5.82 Å². The Morgan fingerprint density at radius 1 is 1.13 bits per heavy atom. The van der Waals surface area contributed by atoms with Crippen molar-refractivity contribution in [2.45, 2.75) is 25.7 Å². The Kier molecular flexibility index (Phi) is 4.99. The van der Waals surface area contributed by atoms with Gasteiger partial charge in [0.1, 0.15) is 11.9 Å². The molecule has 1 amide bonds. The van der Waals surface area contributed by atoms with Gasteiger partial charge < -0.3 is 9.47 Å². The number of thiazole rings is 1. The number of hydrogen-bond acceptors (Lipinski definition) is 6. The molecule has 2 atom stereocenters. The second-order valence-electron chi connectivity index (χ2n) is 7.20. The molecule has 3 heterocycles. The van der Waals surface area contributed by atoms with E-state index in [0.717, 1.165) is 5.56 Å². The summed E-state index contributed by atoms with van der Waals surface area (Å²) in [5.41, 5.74) is 1.47. The molecule has 0 aliphatic carbocycles. The monoisotopic (exact) mass is 435 g/mol. The second-order valence-corrected chi connectivity index (χ2v) is 8.21. The standard InChI is InChI=1S/C23H18FN3O3S/c1-14-21(30-19-7-3-2-6-18(19)29-14)22(28)27(13-15-5-4-10-25-12-15)23-26-17-9-8-16(24)11-20(17)31-23/h2-12,14,21H,13H2,1H3. The molecule has 1 aliphatic rings. The zero-order chi connectivity index (χ0) is 21.4. The van der Waals surface area contributed by atoms with Gasteiger partial charge in [0.2, 0.25) is 6.10 Å². The van der Waals surface area contributed by atoms with Crippen LogP contribution >= 0.6 is 11.3 Å². The van der Waals surface area contributed by atoms with Crippen molar-refractivity contribution < 1.29 is 18.7 Å². The summed E-state index contributed by atoms with van der Waals surface area (Å²) < 4.78 is 26.3. The molecule has 1 aliphatic heterocycles. The molecular weight excluding hydrogens is 417 g/mol.